The van der Waals surface area contributed by atoms with Crippen molar-refractivity contribution in [2.24, 2.45) is 5.73 Å². The fraction of sp³-hybridized carbons (Fsp3) is 0.917. The van der Waals surface area contributed by atoms with Gasteiger partial charge in [-0.1, -0.05) is 12.8 Å². The smallest absolute Gasteiger partial charge is 0.224 e. The molecule has 4 nitrogen and oxygen atoms in total. The van der Waals surface area contributed by atoms with Crippen LogP contribution in [0.3, 0.4) is 0 Å². The molecule has 1 heterocycles. The molecule has 2 fully saturated rings. The van der Waals surface area contributed by atoms with Gasteiger partial charge in [0.05, 0.1) is 12.7 Å². The Morgan fingerprint density at radius 2 is 2.19 bits per heavy atom. The summed E-state index contributed by atoms with van der Waals surface area (Å²) in [7, 11) is 0. The van der Waals surface area contributed by atoms with Crippen LogP contribution < -0.4 is 5.73 Å². The zero-order valence-corrected chi connectivity index (χ0v) is 10.1. The quantitative estimate of drug-likeness (QED) is 0.761. The van der Waals surface area contributed by atoms with Gasteiger partial charge in [0.2, 0.25) is 5.91 Å². The first-order chi connectivity index (χ1) is 7.59. The molecule has 2 N–H and O–H groups in total. The van der Waals surface area contributed by atoms with E-state index in [4.69, 9.17) is 10.5 Å². The number of hydrogen-bond acceptors (Lipinski definition) is 3. The Morgan fingerprint density at radius 1 is 1.50 bits per heavy atom. The maximum atomic E-state index is 12.1. The molecule has 0 aromatic heterocycles. The lowest BCUT2D eigenvalue weighted by Gasteiger charge is -2.33. The van der Waals surface area contributed by atoms with Crippen molar-refractivity contribution in [3.8, 4) is 0 Å². The number of nitrogens with two attached hydrogens (primary N) is 1. The lowest BCUT2D eigenvalue weighted by atomic mass is 9.94. The van der Waals surface area contributed by atoms with E-state index in [2.05, 4.69) is 0 Å². The van der Waals surface area contributed by atoms with Crippen LogP contribution in [0.4, 0.5) is 0 Å². The van der Waals surface area contributed by atoms with E-state index in [0.29, 0.717) is 13.0 Å². The minimum absolute atomic E-state index is 0.162. The molecule has 0 spiro atoms. The van der Waals surface area contributed by atoms with Gasteiger partial charge in [0.1, 0.15) is 0 Å². The Labute approximate surface area is 97.1 Å². The molecule has 1 saturated carbocycles. The summed E-state index contributed by atoms with van der Waals surface area (Å²) >= 11 is 0. The second-order valence-corrected chi connectivity index (χ2v) is 5.27. The van der Waals surface area contributed by atoms with E-state index in [1.54, 1.807) is 0 Å². The van der Waals surface area contributed by atoms with Gasteiger partial charge in [-0.2, -0.15) is 0 Å². The zero-order chi connectivity index (χ0) is 11.6. The molecule has 0 radical (unpaired) electrons. The van der Waals surface area contributed by atoms with Crippen molar-refractivity contribution in [1.29, 1.82) is 0 Å². The molecule has 2 rings (SSSR count). The summed E-state index contributed by atoms with van der Waals surface area (Å²) in [4.78, 5) is 14.0. The molecule has 16 heavy (non-hydrogen) atoms. The minimum Gasteiger partial charge on any atom is -0.375 e. The molecular weight excluding hydrogens is 204 g/mol. The van der Waals surface area contributed by atoms with Crippen LogP contribution in [0.15, 0.2) is 0 Å². The van der Waals surface area contributed by atoms with E-state index in [9.17, 15) is 4.79 Å². The lowest BCUT2D eigenvalue weighted by Crippen LogP contribution is -2.49. The molecule has 0 bridgehead atoms. The highest BCUT2D eigenvalue weighted by molar-refractivity contribution is 5.77. The Kier molecular flexibility index (Phi) is 3.50. The minimum atomic E-state index is -0.224. The van der Waals surface area contributed by atoms with Crippen molar-refractivity contribution in [2.75, 3.05) is 19.7 Å². The summed E-state index contributed by atoms with van der Waals surface area (Å²) in [5, 5.41) is 0. The first-order valence-electron chi connectivity index (χ1n) is 6.27. The molecule has 1 amide bonds. The predicted octanol–water partition coefficient (Wildman–Crippen LogP) is 0.895. The van der Waals surface area contributed by atoms with Crippen molar-refractivity contribution >= 4 is 5.91 Å². The molecule has 1 saturated heterocycles. The standard InChI is InChI=1S/C12H22N2O2/c1-10-9-14(6-7-16-10)11(15)8-12(13)4-2-3-5-12/h10H,2-9,13H2,1H3. The first-order valence-corrected chi connectivity index (χ1v) is 6.27. The summed E-state index contributed by atoms with van der Waals surface area (Å²) in [5.41, 5.74) is 6.00. The van der Waals surface area contributed by atoms with Crippen LogP contribution in [-0.4, -0.2) is 42.1 Å². The number of carbonyl (C=O) groups is 1. The molecule has 1 unspecified atom stereocenters. The Morgan fingerprint density at radius 3 is 2.81 bits per heavy atom. The molecule has 2 aliphatic rings. The van der Waals surface area contributed by atoms with Crippen LogP contribution in [0.5, 0.6) is 0 Å². The maximum Gasteiger partial charge on any atom is 0.224 e. The monoisotopic (exact) mass is 226 g/mol. The van der Waals surface area contributed by atoms with E-state index < -0.39 is 0 Å². The van der Waals surface area contributed by atoms with Gasteiger partial charge >= 0.3 is 0 Å². The third kappa shape index (κ3) is 2.74. The summed E-state index contributed by atoms with van der Waals surface area (Å²) in [6, 6.07) is 0. The highest BCUT2D eigenvalue weighted by Gasteiger charge is 2.34. The van der Waals surface area contributed by atoms with E-state index in [1.807, 2.05) is 11.8 Å². The number of morpholine rings is 1. The zero-order valence-electron chi connectivity index (χ0n) is 10.1. The predicted molar refractivity (Wildman–Crippen MR) is 62.0 cm³/mol. The second kappa shape index (κ2) is 4.72. The van der Waals surface area contributed by atoms with Crippen LogP contribution in [-0.2, 0) is 9.53 Å². The molecule has 0 aromatic rings. The number of hydrogen-bond donors (Lipinski definition) is 1. The SMILES string of the molecule is CC1CN(C(=O)CC2(N)CCCC2)CCO1. The van der Waals surface area contributed by atoms with E-state index in [0.717, 1.165) is 25.9 Å². The van der Waals surface area contributed by atoms with Crippen LogP contribution in [0.1, 0.15) is 39.0 Å². The Balaban J connectivity index is 1.87. The van der Waals surface area contributed by atoms with Gasteiger partial charge in [-0.3, -0.25) is 4.79 Å². The topological polar surface area (TPSA) is 55.6 Å². The summed E-state index contributed by atoms with van der Waals surface area (Å²) < 4.78 is 5.43. The summed E-state index contributed by atoms with van der Waals surface area (Å²) in [6.45, 7) is 4.10. The fourth-order valence-corrected chi connectivity index (χ4v) is 2.71. The molecule has 1 aliphatic carbocycles. The van der Waals surface area contributed by atoms with Crippen molar-refractivity contribution in [2.45, 2.75) is 50.7 Å². The average molecular weight is 226 g/mol. The van der Waals surface area contributed by atoms with Crippen molar-refractivity contribution < 1.29 is 9.53 Å². The highest BCUT2D eigenvalue weighted by atomic mass is 16.5. The molecule has 1 atom stereocenters. The van der Waals surface area contributed by atoms with Gasteiger partial charge < -0.3 is 15.4 Å². The van der Waals surface area contributed by atoms with Crippen LogP contribution >= 0.6 is 0 Å². The molecule has 0 aromatic carbocycles. The number of nitrogens with zero attached hydrogens (tertiary/aromatic N) is 1. The average Bonchev–Trinajstić information content (AvgIpc) is 2.65. The van der Waals surface area contributed by atoms with Crippen molar-refractivity contribution in [1.82, 2.24) is 4.90 Å². The Hall–Kier alpha value is -0.610. The van der Waals surface area contributed by atoms with E-state index >= 15 is 0 Å². The van der Waals surface area contributed by atoms with Gasteiger partial charge in [0, 0.05) is 25.0 Å². The van der Waals surface area contributed by atoms with Crippen molar-refractivity contribution in [3.63, 3.8) is 0 Å². The lowest BCUT2D eigenvalue weighted by molar-refractivity contribution is -0.139. The number of rotatable bonds is 2. The van der Waals surface area contributed by atoms with Crippen molar-refractivity contribution in [3.05, 3.63) is 0 Å². The van der Waals surface area contributed by atoms with Gasteiger partial charge in [-0.25, -0.2) is 0 Å². The molecule has 1 aliphatic heterocycles. The first kappa shape index (κ1) is 11.9. The van der Waals surface area contributed by atoms with Gasteiger partial charge in [-0.05, 0) is 19.8 Å². The summed E-state index contributed by atoms with van der Waals surface area (Å²) in [6.07, 6.45) is 5.01. The number of ether oxygens (including phenoxy) is 1. The third-order valence-corrected chi connectivity index (χ3v) is 3.70. The maximum absolute atomic E-state index is 12.1. The second-order valence-electron chi connectivity index (χ2n) is 5.27. The van der Waals surface area contributed by atoms with Crippen LogP contribution in [0.2, 0.25) is 0 Å². The molecule has 92 valence electrons. The number of amides is 1. The third-order valence-electron chi connectivity index (χ3n) is 3.70. The number of carbonyl (C=O) groups excluding carboxylic acids is 1. The highest BCUT2D eigenvalue weighted by Crippen LogP contribution is 2.30. The van der Waals surface area contributed by atoms with Crippen LogP contribution in [0, 0.1) is 0 Å². The van der Waals surface area contributed by atoms with E-state index in [1.165, 1.54) is 12.8 Å². The fourth-order valence-electron chi connectivity index (χ4n) is 2.71. The normalized spacial score (nSPS) is 29.4. The largest absolute Gasteiger partial charge is 0.375 e. The molecule has 4 heteroatoms. The summed E-state index contributed by atoms with van der Waals surface area (Å²) in [5.74, 6) is 0.208. The van der Waals surface area contributed by atoms with Gasteiger partial charge in [0.15, 0.2) is 0 Å². The van der Waals surface area contributed by atoms with Gasteiger partial charge in [0.25, 0.3) is 0 Å². The van der Waals surface area contributed by atoms with E-state index in [-0.39, 0.29) is 17.6 Å². The Bertz CT molecular complexity index is 262. The van der Waals surface area contributed by atoms with Crippen LogP contribution in [0.25, 0.3) is 0 Å². The molecular formula is C12H22N2O2. The van der Waals surface area contributed by atoms with Gasteiger partial charge in [-0.15, -0.1) is 0 Å².